The van der Waals surface area contributed by atoms with Crippen molar-refractivity contribution in [2.24, 2.45) is 0 Å². The van der Waals surface area contributed by atoms with E-state index in [1.807, 2.05) is 18.7 Å². The molecule has 2 aromatic carbocycles. The maximum Gasteiger partial charge on any atom is 0.416 e. The molecule has 0 fully saturated rings. The van der Waals surface area contributed by atoms with Crippen molar-refractivity contribution in [2.75, 3.05) is 13.1 Å². The second-order valence-electron chi connectivity index (χ2n) is 7.57. The highest BCUT2D eigenvalue weighted by Crippen LogP contribution is 2.30. The third kappa shape index (κ3) is 6.85. The van der Waals surface area contributed by atoms with Gasteiger partial charge in [-0.05, 0) is 43.2 Å². The van der Waals surface area contributed by atoms with Crippen molar-refractivity contribution in [1.82, 2.24) is 14.8 Å². The van der Waals surface area contributed by atoms with E-state index >= 15 is 0 Å². The summed E-state index contributed by atoms with van der Waals surface area (Å²) in [6.07, 6.45) is -4.42. The van der Waals surface area contributed by atoms with Crippen LogP contribution in [0, 0.1) is 5.82 Å². The molecule has 3 aromatic rings. The van der Waals surface area contributed by atoms with E-state index in [9.17, 15) is 22.4 Å². The highest BCUT2D eigenvalue weighted by molar-refractivity contribution is 7.09. The maximum absolute atomic E-state index is 13.3. The van der Waals surface area contributed by atoms with Crippen molar-refractivity contribution < 1.29 is 22.4 Å². The van der Waals surface area contributed by atoms with Crippen LogP contribution >= 0.6 is 11.3 Å². The molecule has 0 unspecified atom stereocenters. The number of amides is 1. The summed E-state index contributed by atoms with van der Waals surface area (Å²) >= 11 is 1.34. The van der Waals surface area contributed by atoms with Crippen molar-refractivity contribution in [3.63, 3.8) is 0 Å². The van der Waals surface area contributed by atoms with E-state index in [1.54, 1.807) is 28.5 Å². The molecule has 176 valence electrons. The molecule has 0 radical (unpaired) electrons. The molecular formula is C24H25F4N3OS. The largest absolute Gasteiger partial charge is 0.416 e. The molecule has 0 aliphatic carbocycles. The first-order valence-electron chi connectivity index (χ1n) is 10.6. The summed E-state index contributed by atoms with van der Waals surface area (Å²) in [5, 5.41) is 2.38. The fraction of sp³-hybridized carbons (Fsp3) is 0.333. The van der Waals surface area contributed by atoms with E-state index < -0.39 is 11.7 Å². The summed E-state index contributed by atoms with van der Waals surface area (Å²) in [6, 6.07) is 11.2. The molecule has 1 amide bonds. The smallest absolute Gasteiger partial charge is 0.338 e. The van der Waals surface area contributed by atoms with Crippen LogP contribution in [0.15, 0.2) is 53.9 Å². The first-order valence-corrected chi connectivity index (χ1v) is 11.4. The Morgan fingerprint density at radius 3 is 2.27 bits per heavy atom. The molecule has 0 spiro atoms. The molecule has 0 aliphatic rings. The molecule has 4 nitrogen and oxygen atoms in total. The molecule has 9 heteroatoms. The van der Waals surface area contributed by atoms with Gasteiger partial charge in [0.15, 0.2) is 0 Å². The second-order valence-corrected chi connectivity index (χ2v) is 8.52. The van der Waals surface area contributed by atoms with E-state index in [2.05, 4.69) is 4.98 Å². The Kier molecular flexibility index (Phi) is 8.20. The van der Waals surface area contributed by atoms with Gasteiger partial charge in [0.25, 0.3) is 5.91 Å². The zero-order valence-corrected chi connectivity index (χ0v) is 19.2. The SMILES string of the molecule is CCN(CC)C(=O)c1csc(CN(Cc2ccc(F)cc2)Cc2cccc(C(F)(F)F)c2)n1. The lowest BCUT2D eigenvalue weighted by Crippen LogP contribution is -2.30. The van der Waals surface area contributed by atoms with Crippen LogP contribution in [0.5, 0.6) is 0 Å². The Morgan fingerprint density at radius 2 is 1.64 bits per heavy atom. The summed E-state index contributed by atoms with van der Waals surface area (Å²) in [5.41, 5.74) is 0.977. The molecule has 0 bridgehead atoms. The monoisotopic (exact) mass is 479 g/mol. The zero-order valence-electron chi connectivity index (χ0n) is 18.4. The molecule has 3 rings (SSSR count). The van der Waals surface area contributed by atoms with Crippen LogP contribution in [0.4, 0.5) is 17.6 Å². The summed E-state index contributed by atoms with van der Waals surface area (Å²) in [5.74, 6) is -0.506. The van der Waals surface area contributed by atoms with Gasteiger partial charge >= 0.3 is 6.18 Å². The molecule has 0 atom stereocenters. The molecule has 1 aromatic heterocycles. The lowest BCUT2D eigenvalue weighted by Gasteiger charge is -2.22. The third-order valence-corrected chi connectivity index (χ3v) is 5.99. The van der Waals surface area contributed by atoms with E-state index in [0.717, 1.165) is 17.7 Å². The summed E-state index contributed by atoms with van der Waals surface area (Å²) in [6.45, 7) is 5.91. The lowest BCUT2D eigenvalue weighted by molar-refractivity contribution is -0.137. The highest BCUT2D eigenvalue weighted by Gasteiger charge is 2.30. The van der Waals surface area contributed by atoms with Crippen LogP contribution < -0.4 is 0 Å². The van der Waals surface area contributed by atoms with E-state index in [1.165, 1.54) is 29.5 Å². The number of carbonyl (C=O) groups excluding carboxylic acids is 1. The van der Waals surface area contributed by atoms with Gasteiger partial charge in [0.1, 0.15) is 16.5 Å². The number of rotatable bonds is 9. The molecule has 1 heterocycles. The van der Waals surface area contributed by atoms with Crippen LogP contribution in [0.3, 0.4) is 0 Å². The van der Waals surface area contributed by atoms with Gasteiger partial charge in [-0.2, -0.15) is 13.2 Å². The molecule has 0 saturated carbocycles. The number of hydrogen-bond donors (Lipinski definition) is 0. The van der Waals surface area contributed by atoms with Gasteiger partial charge < -0.3 is 4.90 Å². The van der Waals surface area contributed by atoms with Gasteiger partial charge in [-0.1, -0.05) is 30.3 Å². The van der Waals surface area contributed by atoms with E-state index in [0.29, 0.717) is 42.4 Å². The minimum atomic E-state index is -4.42. The number of carbonyl (C=O) groups is 1. The van der Waals surface area contributed by atoms with Crippen LogP contribution in [0.1, 0.15) is 46.0 Å². The number of nitrogens with zero attached hydrogens (tertiary/aromatic N) is 3. The summed E-state index contributed by atoms with van der Waals surface area (Å²) < 4.78 is 52.7. The third-order valence-electron chi connectivity index (χ3n) is 5.16. The topological polar surface area (TPSA) is 36.4 Å². The van der Waals surface area contributed by atoms with Gasteiger partial charge in [-0.3, -0.25) is 9.69 Å². The van der Waals surface area contributed by atoms with Gasteiger partial charge in [0, 0.05) is 31.6 Å². The Hall–Kier alpha value is -2.78. The first kappa shape index (κ1) is 24.9. The van der Waals surface area contributed by atoms with Crippen molar-refractivity contribution in [3.8, 4) is 0 Å². The number of aromatic nitrogens is 1. The average molecular weight is 480 g/mol. The standard InChI is InChI=1S/C24H25F4N3OS/c1-3-31(4-2)23(32)21-16-33-22(29-21)15-30(13-17-8-10-20(25)11-9-17)14-18-6-5-7-19(12-18)24(26,27)28/h5-12,16H,3-4,13-15H2,1-2H3. The Labute approximate surface area is 194 Å². The minimum Gasteiger partial charge on any atom is -0.338 e. The Balaban J connectivity index is 1.82. The first-order chi connectivity index (χ1) is 15.7. The maximum atomic E-state index is 13.3. The van der Waals surface area contributed by atoms with Crippen molar-refractivity contribution >= 4 is 17.2 Å². The second kappa shape index (κ2) is 10.9. The summed E-state index contributed by atoms with van der Waals surface area (Å²) in [7, 11) is 0. The van der Waals surface area contributed by atoms with Gasteiger partial charge in [-0.15, -0.1) is 11.3 Å². The number of hydrogen-bond acceptors (Lipinski definition) is 4. The molecule has 0 saturated heterocycles. The van der Waals surface area contributed by atoms with E-state index in [-0.39, 0.29) is 18.3 Å². The molecular weight excluding hydrogens is 454 g/mol. The number of alkyl halides is 3. The summed E-state index contributed by atoms with van der Waals surface area (Å²) in [4.78, 5) is 20.6. The Morgan fingerprint density at radius 1 is 0.970 bits per heavy atom. The van der Waals surface area contributed by atoms with Crippen molar-refractivity contribution in [2.45, 2.75) is 39.7 Å². The van der Waals surface area contributed by atoms with Crippen LogP contribution in [0.2, 0.25) is 0 Å². The minimum absolute atomic E-state index is 0.148. The van der Waals surface area contributed by atoms with Gasteiger partial charge in [0.2, 0.25) is 0 Å². The number of thiazole rings is 1. The fourth-order valence-corrected chi connectivity index (χ4v) is 4.28. The number of halogens is 4. The Bertz CT molecular complexity index is 1060. The molecule has 33 heavy (non-hydrogen) atoms. The lowest BCUT2D eigenvalue weighted by atomic mass is 10.1. The fourth-order valence-electron chi connectivity index (χ4n) is 3.47. The molecule has 0 N–H and O–H groups in total. The highest BCUT2D eigenvalue weighted by atomic mass is 32.1. The quantitative estimate of drug-likeness (QED) is 0.354. The van der Waals surface area contributed by atoms with Gasteiger partial charge in [0.05, 0.1) is 12.1 Å². The average Bonchev–Trinajstić information content (AvgIpc) is 3.24. The predicted molar refractivity (Wildman–Crippen MR) is 120 cm³/mol. The number of benzene rings is 2. The van der Waals surface area contributed by atoms with E-state index in [4.69, 9.17) is 0 Å². The molecule has 0 aliphatic heterocycles. The van der Waals surface area contributed by atoms with Crippen LogP contribution in [0.25, 0.3) is 0 Å². The zero-order chi connectivity index (χ0) is 24.0. The van der Waals surface area contributed by atoms with Crippen LogP contribution in [-0.2, 0) is 25.8 Å². The van der Waals surface area contributed by atoms with Crippen molar-refractivity contribution in [3.05, 3.63) is 87.1 Å². The normalized spacial score (nSPS) is 11.7. The van der Waals surface area contributed by atoms with Crippen molar-refractivity contribution in [1.29, 1.82) is 0 Å². The van der Waals surface area contributed by atoms with Crippen LogP contribution in [-0.4, -0.2) is 33.8 Å². The predicted octanol–water partition coefficient (Wildman–Crippen LogP) is 5.99. The van der Waals surface area contributed by atoms with Gasteiger partial charge in [-0.25, -0.2) is 9.37 Å².